The van der Waals surface area contributed by atoms with Gasteiger partial charge in [0.2, 0.25) is 5.91 Å². The highest BCUT2D eigenvalue weighted by Gasteiger charge is 2.43. The van der Waals surface area contributed by atoms with Crippen molar-refractivity contribution in [2.45, 2.75) is 25.8 Å². The first-order valence-corrected chi connectivity index (χ1v) is 8.14. The minimum Gasteiger partial charge on any atom is -0.481 e. The molecule has 0 aromatic heterocycles. The molecule has 0 bridgehead atoms. The van der Waals surface area contributed by atoms with Crippen LogP contribution < -0.4 is 5.73 Å². The van der Waals surface area contributed by atoms with Gasteiger partial charge in [-0.25, -0.2) is 4.79 Å². The van der Waals surface area contributed by atoms with Gasteiger partial charge in [0.05, 0.1) is 17.9 Å². The first-order valence-electron chi connectivity index (χ1n) is 6.98. The minimum absolute atomic E-state index is 0.0420. The molecule has 2 aliphatic heterocycles. The summed E-state index contributed by atoms with van der Waals surface area (Å²) in [5, 5.41) is 8.96. The summed E-state index contributed by atoms with van der Waals surface area (Å²) in [7, 11) is 0. The third-order valence-electron chi connectivity index (χ3n) is 4.22. The Morgan fingerprint density at radius 1 is 1.38 bits per heavy atom. The second-order valence-corrected chi connectivity index (χ2v) is 7.05. The lowest BCUT2D eigenvalue weighted by Gasteiger charge is -2.37. The Hall–Kier alpha value is -1.44. The number of amides is 3. The number of primary amides is 1. The number of aliphatic carboxylic acids is 1. The van der Waals surface area contributed by atoms with Crippen molar-refractivity contribution in [3.63, 3.8) is 0 Å². The molecule has 2 unspecified atom stereocenters. The third-order valence-corrected chi connectivity index (χ3v) is 5.31. The van der Waals surface area contributed by atoms with Crippen molar-refractivity contribution in [2.24, 2.45) is 11.1 Å². The fourth-order valence-electron chi connectivity index (χ4n) is 2.78. The summed E-state index contributed by atoms with van der Waals surface area (Å²) in [4.78, 5) is 38.3. The van der Waals surface area contributed by atoms with Crippen LogP contribution in [0.5, 0.6) is 0 Å². The van der Waals surface area contributed by atoms with Gasteiger partial charge in [-0.15, -0.1) is 0 Å². The van der Waals surface area contributed by atoms with Gasteiger partial charge in [-0.3, -0.25) is 9.59 Å². The van der Waals surface area contributed by atoms with Crippen molar-refractivity contribution in [3.05, 3.63) is 0 Å². The molecule has 0 aromatic rings. The summed E-state index contributed by atoms with van der Waals surface area (Å²) < 4.78 is 0. The van der Waals surface area contributed by atoms with E-state index in [0.29, 0.717) is 31.8 Å². The van der Waals surface area contributed by atoms with E-state index in [2.05, 4.69) is 0 Å². The molecule has 8 heteroatoms. The molecule has 2 saturated heterocycles. The minimum atomic E-state index is -0.899. The Bertz CT molecular complexity index is 459. The van der Waals surface area contributed by atoms with Crippen LogP contribution in [-0.4, -0.2) is 70.0 Å². The summed E-state index contributed by atoms with van der Waals surface area (Å²) in [6.07, 6.45) is 0.514. The second kappa shape index (κ2) is 6.13. The molecule has 3 amide bonds. The van der Waals surface area contributed by atoms with Gasteiger partial charge in [0.15, 0.2) is 0 Å². The normalized spacial score (nSPS) is 29.5. The lowest BCUT2D eigenvalue weighted by Crippen LogP contribution is -2.52. The Morgan fingerprint density at radius 3 is 2.67 bits per heavy atom. The van der Waals surface area contributed by atoms with Crippen molar-refractivity contribution in [3.8, 4) is 0 Å². The second-order valence-electron chi connectivity index (χ2n) is 5.90. The molecule has 118 valence electrons. The number of carbonyl (C=O) groups is 3. The van der Waals surface area contributed by atoms with Gasteiger partial charge < -0.3 is 20.6 Å². The Balaban J connectivity index is 2.04. The van der Waals surface area contributed by atoms with Crippen LogP contribution in [0.3, 0.4) is 0 Å². The van der Waals surface area contributed by atoms with E-state index in [9.17, 15) is 14.4 Å². The van der Waals surface area contributed by atoms with Crippen molar-refractivity contribution in [1.82, 2.24) is 9.80 Å². The zero-order valence-corrected chi connectivity index (χ0v) is 12.9. The smallest absolute Gasteiger partial charge is 0.320 e. The molecule has 0 saturated carbocycles. The van der Waals surface area contributed by atoms with Crippen LogP contribution in [-0.2, 0) is 9.59 Å². The number of carboxylic acid groups (broad SMARTS) is 1. The number of likely N-dealkylation sites (tertiary alicyclic amines) is 1. The number of carbonyl (C=O) groups excluding carboxylic acids is 2. The predicted molar refractivity (Wildman–Crippen MR) is 79.0 cm³/mol. The summed E-state index contributed by atoms with van der Waals surface area (Å²) in [6.45, 7) is 3.11. The summed E-state index contributed by atoms with van der Waals surface area (Å²) in [6, 6.07) is -0.458. The average Bonchev–Trinajstić information content (AvgIpc) is 2.82. The van der Waals surface area contributed by atoms with E-state index >= 15 is 0 Å². The van der Waals surface area contributed by atoms with E-state index < -0.39 is 17.3 Å². The molecule has 2 aliphatic rings. The zero-order valence-electron chi connectivity index (χ0n) is 12.1. The predicted octanol–water partition coefficient (Wildman–Crippen LogP) is 0.196. The van der Waals surface area contributed by atoms with E-state index in [-0.39, 0.29) is 18.5 Å². The lowest BCUT2D eigenvalue weighted by atomic mass is 9.89. The van der Waals surface area contributed by atoms with Crippen molar-refractivity contribution < 1.29 is 19.5 Å². The standard InChI is InChI=1S/C13H21N3O4S/c1-13(11(14)19)2-3-15(8-13)12(20)16-4-5-21-7-9(16)6-10(17)18/h9H,2-8H2,1H3,(H2,14,19)(H,17,18). The number of hydrogen-bond donors (Lipinski definition) is 2. The van der Waals surface area contributed by atoms with Crippen LogP contribution in [0.4, 0.5) is 4.79 Å². The van der Waals surface area contributed by atoms with Crippen LogP contribution in [0.15, 0.2) is 0 Å². The Kier molecular flexibility index (Phi) is 4.65. The Labute approximate surface area is 127 Å². The number of carboxylic acids is 1. The van der Waals surface area contributed by atoms with E-state index in [1.807, 2.05) is 0 Å². The molecular formula is C13H21N3O4S. The maximum atomic E-state index is 12.6. The highest BCUT2D eigenvalue weighted by Crippen LogP contribution is 2.31. The number of rotatable bonds is 3. The van der Waals surface area contributed by atoms with Crippen molar-refractivity contribution >= 4 is 29.7 Å². The van der Waals surface area contributed by atoms with Gasteiger partial charge in [0.1, 0.15) is 0 Å². The van der Waals surface area contributed by atoms with Gasteiger partial charge >= 0.3 is 12.0 Å². The van der Waals surface area contributed by atoms with E-state index in [1.165, 1.54) is 0 Å². The first kappa shape index (κ1) is 15.9. The molecule has 2 heterocycles. The number of urea groups is 1. The molecule has 0 radical (unpaired) electrons. The summed E-state index contributed by atoms with van der Waals surface area (Å²) in [5.74, 6) is 0.152. The number of nitrogens with zero attached hydrogens (tertiary/aromatic N) is 2. The van der Waals surface area contributed by atoms with Gasteiger partial charge in [-0.05, 0) is 13.3 Å². The number of thioether (sulfide) groups is 1. The molecule has 2 fully saturated rings. The van der Waals surface area contributed by atoms with Gasteiger partial charge in [0, 0.05) is 31.1 Å². The molecule has 7 nitrogen and oxygen atoms in total. The van der Waals surface area contributed by atoms with Gasteiger partial charge in [-0.1, -0.05) is 0 Å². The van der Waals surface area contributed by atoms with Crippen LogP contribution in [0, 0.1) is 5.41 Å². The molecule has 2 atom stereocenters. The molecule has 3 N–H and O–H groups in total. The molecule has 0 aliphatic carbocycles. The number of hydrogen-bond acceptors (Lipinski definition) is 4. The highest BCUT2D eigenvalue weighted by molar-refractivity contribution is 7.99. The van der Waals surface area contributed by atoms with E-state index in [0.717, 1.165) is 5.75 Å². The lowest BCUT2D eigenvalue weighted by molar-refractivity contribution is -0.138. The molecule has 2 rings (SSSR count). The zero-order chi connectivity index (χ0) is 15.6. The third kappa shape index (κ3) is 3.42. The maximum absolute atomic E-state index is 12.6. The molecule has 21 heavy (non-hydrogen) atoms. The van der Waals surface area contributed by atoms with Crippen molar-refractivity contribution in [1.29, 1.82) is 0 Å². The largest absolute Gasteiger partial charge is 0.481 e. The highest BCUT2D eigenvalue weighted by atomic mass is 32.2. The van der Waals surface area contributed by atoms with E-state index in [4.69, 9.17) is 10.8 Å². The molecular weight excluding hydrogens is 294 g/mol. The molecule has 0 aromatic carbocycles. The van der Waals surface area contributed by atoms with Crippen molar-refractivity contribution in [2.75, 3.05) is 31.1 Å². The van der Waals surface area contributed by atoms with Crippen LogP contribution in [0.2, 0.25) is 0 Å². The van der Waals surface area contributed by atoms with Gasteiger partial charge in [0.25, 0.3) is 0 Å². The first-order chi connectivity index (χ1) is 9.83. The van der Waals surface area contributed by atoms with Crippen LogP contribution in [0.1, 0.15) is 19.8 Å². The SMILES string of the molecule is CC1(C(N)=O)CCN(C(=O)N2CCSCC2CC(=O)O)C1. The summed E-state index contributed by atoms with van der Waals surface area (Å²) >= 11 is 1.66. The maximum Gasteiger partial charge on any atom is 0.320 e. The molecule has 0 spiro atoms. The van der Waals surface area contributed by atoms with Crippen LogP contribution >= 0.6 is 11.8 Å². The fraction of sp³-hybridized carbons (Fsp3) is 0.769. The quantitative estimate of drug-likeness (QED) is 0.774. The van der Waals surface area contributed by atoms with E-state index in [1.54, 1.807) is 28.5 Å². The summed E-state index contributed by atoms with van der Waals surface area (Å²) in [5.41, 5.74) is 4.72. The Morgan fingerprint density at radius 2 is 2.10 bits per heavy atom. The number of nitrogens with two attached hydrogens (primary N) is 1. The fourth-order valence-corrected chi connectivity index (χ4v) is 3.85. The monoisotopic (exact) mass is 315 g/mol. The topological polar surface area (TPSA) is 104 Å². The van der Waals surface area contributed by atoms with Gasteiger partial charge in [-0.2, -0.15) is 11.8 Å². The average molecular weight is 315 g/mol. The van der Waals surface area contributed by atoms with Crippen LogP contribution in [0.25, 0.3) is 0 Å².